The SMILES string of the molecule is CCn1cc(-c2cnc[nH]c2=S)cn1. The molecule has 0 saturated heterocycles. The molecule has 0 aliphatic rings. The molecule has 0 atom stereocenters. The Morgan fingerprint density at radius 1 is 1.50 bits per heavy atom. The number of nitrogens with one attached hydrogen (secondary N) is 1. The van der Waals surface area contributed by atoms with E-state index in [0.717, 1.165) is 17.7 Å². The fourth-order valence-corrected chi connectivity index (χ4v) is 1.45. The average Bonchev–Trinajstić information content (AvgIpc) is 2.67. The van der Waals surface area contributed by atoms with E-state index in [9.17, 15) is 0 Å². The molecule has 14 heavy (non-hydrogen) atoms. The van der Waals surface area contributed by atoms with Gasteiger partial charge in [0.25, 0.3) is 0 Å². The molecule has 0 radical (unpaired) electrons. The second kappa shape index (κ2) is 3.71. The molecule has 0 fully saturated rings. The minimum absolute atomic E-state index is 0.690. The first-order valence-corrected chi connectivity index (χ1v) is 4.77. The molecule has 0 aliphatic carbocycles. The van der Waals surface area contributed by atoms with Crippen molar-refractivity contribution in [3.63, 3.8) is 0 Å². The first kappa shape index (κ1) is 9.08. The van der Waals surface area contributed by atoms with Crippen LogP contribution in [0.3, 0.4) is 0 Å². The van der Waals surface area contributed by atoms with Gasteiger partial charge < -0.3 is 4.98 Å². The lowest BCUT2D eigenvalue weighted by Gasteiger charge is -1.95. The van der Waals surface area contributed by atoms with Crippen molar-refractivity contribution in [1.82, 2.24) is 19.7 Å². The zero-order valence-corrected chi connectivity index (χ0v) is 8.58. The van der Waals surface area contributed by atoms with Gasteiger partial charge in [-0.2, -0.15) is 5.10 Å². The summed E-state index contributed by atoms with van der Waals surface area (Å²) >= 11 is 5.15. The molecular formula is C9H10N4S. The van der Waals surface area contributed by atoms with Crippen LogP contribution in [0.15, 0.2) is 24.9 Å². The second-order valence-electron chi connectivity index (χ2n) is 2.88. The van der Waals surface area contributed by atoms with Crippen LogP contribution in [0, 0.1) is 4.64 Å². The van der Waals surface area contributed by atoms with Gasteiger partial charge in [0.2, 0.25) is 0 Å². The third kappa shape index (κ3) is 1.58. The summed E-state index contributed by atoms with van der Waals surface area (Å²) in [4.78, 5) is 6.89. The largest absolute Gasteiger partial charge is 0.337 e. The van der Waals surface area contributed by atoms with E-state index >= 15 is 0 Å². The van der Waals surface area contributed by atoms with Gasteiger partial charge in [0.1, 0.15) is 4.64 Å². The van der Waals surface area contributed by atoms with Gasteiger partial charge in [0.05, 0.1) is 12.5 Å². The van der Waals surface area contributed by atoms with Crippen LogP contribution in [0.4, 0.5) is 0 Å². The van der Waals surface area contributed by atoms with Gasteiger partial charge in [0, 0.05) is 30.1 Å². The average molecular weight is 206 g/mol. The van der Waals surface area contributed by atoms with Gasteiger partial charge >= 0.3 is 0 Å². The van der Waals surface area contributed by atoms with Crippen molar-refractivity contribution in [2.75, 3.05) is 0 Å². The summed E-state index contributed by atoms with van der Waals surface area (Å²) in [5.41, 5.74) is 1.92. The molecule has 5 heteroatoms. The van der Waals surface area contributed by atoms with Crippen molar-refractivity contribution >= 4 is 12.2 Å². The Balaban J connectivity index is 2.50. The fourth-order valence-electron chi connectivity index (χ4n) is 1.23. The van der Waals surface area contributed by atoms with Gasteiger partial charge in [-0.15, -0.1) is 0 Å². The maximum Gasteiger partial charge on any atom is 0.113 e. The predicted octanol–water partition coefficient (Wildman–Crippen LogP) is 2.02. The van der Waals surface area contributed by atoms with Crippen molar-refractivity contribution in [3.05, 3.63) is 29.6 Å². The molecule has 0 spiro atoms. The summed E-state index contributed by atoms with van der Waals surface area (Å²) in [5.74, 6) is 0. The highest BCUT2D eigenvalue weighted by Crippen LogP contribution is 2.17. The zero-order chi connectivity index (χ0) is 9.97. The van der Waals surface area contributed by atoms with Crippen molar-refractivity contribution < 1.29 is 0 Å². The number of H-pyrrole nitrogens is 1. The number of hydrogen-bond acceptors (Lipinski definition) is 3. The highest BCUT2D eigenvalue weighted by Gasteiger charge is 2.02. The number of aromatic amines is 1. The summed E-state index contributed by atoms with van der Waals surface area (Å²) in [6, 6.07) is 0. The Hall–Kier alpha value is -1.49. The maximum absolute atomic E-state index is 5.15. The van der Waals surface area contributed by atoms with Gasteiger partial charge in [-0.25, -0.2) is 4.98 Å². The molecule has 0 amide bonds. The van der Waals surface area contributed by atoms with Crippen LogP contribution in [-0.4, -0.2) is 19.7 Å². The molecule has 2 heterocycles. The van der Waals surface area contributed by atoms with Gasteiger partial charge in [-0.3, -0.25) is 4.68 Å². The third-order valence-electron chi connectivity index (χ3n) is 1.99. The van der Waals surface area contributed by atoms with E-state index in [0.29, 0.717) is 4.64 Å². The monoisotopic (exact) mass is 206 g/mol. The number of hydrogen-bond donors (Lipinski definition) is 1. The first-order chi connectivity index (χ1) is 6.81. The Bertz CT molecular complexity index is 485. The molecule has 2 rings (SSSR count). The van der Waals surface area contributed by atoms with Crippen LogP contribution in [0.25, 0.3) is 11.1 Å². The second-order valence-corrected chi connectivity index (χ2v) is 3.29. The highest BCUT2D eigenvalue weighted by atomic mass is 32.1. The lowest BCUT2D eigenvalue weighted by Crippen LogP contribution is -1.92. The summed E-state index contributed by atoms with van der Waals surface area (Å²) in [5, 5.41) is 4.18. The van der Waals surface area contributed by atoms with Crippen LogP contribution in [-0.2, 0) is 6.54 Å². The number of aromatic nitrogens is 4. The molecular weight excluding hydrogens is 196 g/mol. The van der Waals surface area contributed by atoms with Crippen LogP contribution < -0.4 is 0 Å². The number of nitrogens with zero attached hydrogens (tertiary/aromatic N) is 3. The third-order valence-corrected chi connectivity index (χ3v) is 2.32. The summed E-state index contributed by atoms with van der Waals surface area (Å²) in [6.07, 6.45) is 7.08. The number of aryl methyl sites for hydroxylation is 1. The van der Waals surface area contributed by atoms with E-state index in [1.807, 2.05) is 17.8 Å². The molecule has 0 bridgehead atoms. The van der Waals surface area contributed by atoms with E-state index in [-0.39, 0.29) is 0 Å². The molecule has 72 valence electrons. The van der Waals surface area contributed by atoms with Crippen molar-refractivity contribution in [2.24, 2.45) is 0 Å². The standard InChI is InChI=1S/C9H10N4S/c1-2-13-5-7(3-12-13)8-4-10-6-11-9(8)14/h3-6H,2H2,1H3,(H,10,11,14). The Morgan fingerprint density at radius 3 is 3.00 bits per heavy atom. The van der Waals surface area contributed by atoms with Gasteiger partial charge in [-0.1, -0.05) is 12.2 Å². The summed E-state index contributed by atoms with van der Waals surface area (Å²) < 4.78 is 2.55. The molecule has 2 aromatic rings. The van der Waals surface area contributed by atoms with Gasteiger partial charge in [-0.05, 0) is 6.92 Å². The quantitative estimate of drug-likeness (QED) is 0.765. The Kier molecular flexibility index (Phi) is 2.41. The lowest BCUT2D eigenvalue weighted by molar-refractivity contribution is 0.660. The summed E-state index contributed by atoms with van der Waals surface area (Å²) in [7, 11) is 0. The van der Waals surface area contributed by atoms with Crippen molar-refractivity contribution in [1.29, 1.82) is 0 Å². The van der Waals surface area contributed by atoms with E-state index < -0.39 is 0 Å². The lowest BCUT2D eigenvalue weighted by atomic mass is 10.2. The molecule has 0 saturated carbocycles. The minimum Gasteiger partial charge on any atom is -0.337 e. The van der Waals surface area contributed by atoms with E-state index in [2.05, 4.69) is 15.1 Å². The van der Waals surface area contributed by atoms with Crippen molar-refractivity contribution in [2.45, 2.75) is 13.5 Å². The fraction of sp³-hybridized carbons (Fsp3) is 0.222. The van der Waals surface area contributed by atoms with E-state index in [1.165, 1.54) is 0 Å². The van der Waals surface area contributed by atoms with E-state index in [4.69, 9.17) is 12.2 Å². The molecule has 1 N–H and O–H groups in total. The maximum atomic E-state index is 5.15. The zero-order valence-electron chi connectivity index (χ0n) is 7.77. The van der Waals surface area contributed by atoms with Crippen LogP contribution in [0.1, 0.15) is 6.92 Å². The number of rotatable bonds is 2. The topological polar surface area (TPSA) is 46.5 Å². The molecule has 2 aromatic heterocycles. The summed E-state index contributed by atoms with van der Waals surface area (Å²) in [6.45, 7) is 2.90. The first-order valence-electron chi connectivity index (χ1n) is 4.36. The Morgan fingerprint density at radius 2 is 2.36 bits per heavy atom. The smallest absolute Gasteiger partial charge is 0.113 e. The molecule has 0 aliphatic heterocycles. The van der Waals surface area contributed by atoms with E-state index in [1.54, 1.807) is 18.7 Å². The molecule has 0 aromatic carbocycles. The molecule has 4 nitrogen and oxygen atoms in total. The van der Waals surface area contributed by atoms with Crippen LogP contribution in [0.2, 0.25) is 0 Å². The minimum atomic E-state index is 0.690. The van der Waals surface area contributed by atoms with Crippen LogP contribution in [0.5, 0.6) is 0 Å². The van der Waals surface area contributed by atoms with Crippen LogP contribution >= 0.6 is 12.2 Å². The van der Waals surface area contributed by atoms with Crippen molar-refractivity contribution in [3.8, 4) is 11.1 Å². The normalized spacial score (nSPS) is 10.4. The predicted molar refractivity (Wildman–Crippen MR) is 56.3 cm³/mol. The van der Waals surface area contributed by atoms with Gasteiger partial charge in [0.15, 0.2) is 0 Å². The Labute approximate surface area is 86.6 Å². The molecule has 0 unspecified atom stereocenters. The highest BCUT2D eigenvalue weighted by molar-refractivity contribution is 7.71.